The van der Waals surface area contributed by atoms with Crippen molar-refractivity contribution in [1.82, 2.24) is 0 Å². The zero-order valence-electron chi connectivity index (χ0n) is 9.76. The lowest BCUT2D eigenvalue weighted by atomic mass is 10.2. The van der Waals surface area contributed by atoms with E-state index in [0.717, 1.165) is 12.8 Å². The van der Waals surface area contributed by atoms with Gasteiger partial charge in [-0.15, -0.1) is 5.11 Å². The Morgan fingerprint density at radius 1 is 1.22 bits per heavy atom. The van der Waals surface area contributed by atoms with Gasteiger partial charge in [-0.2, -0.15) is 5.11 Å². The second kappa shape index (κ2) is 8.00. The molecule has 0 radical (unpaired) electrons. The predicted octanol–water partition coefficient (Wildman–Crippen LogP) is 6.44. The van der Waals surface area contributed by atoms with E-state index in [9.17, 15) is 0 Å². The summed E-state index contributed by atoms with van der Waals surface area (Å²) in [6, 6.07) is 3.19. The summed E-state index contributed by atoms with van der Waals surface area (Å²) in [5.41, 5.74) is 0.585. The van der Waals surface area contributed by atoms with E-state index < -0.39 is 0 Å². The van der Waals surface area contributed by atoms with E-state index in [2.05, 4.69) is 17.2 Å². The molecule has 98 valence electrons. The molecule has 0 spiro atoms. The lowest BCUT2D eigenvalue weighted by molar-refractivity contribution is 0.778. The standard InChI is InChI=1S/C12H12Cl4N2/c1-2-3-4-17-18-12(16)7-9-10(14)5-8(13)6-11(9)15/h5-7H,2-4H2,1H3/b12-7+,18-17?. The average molecular weight is 326 g/mol. The molecule has 18 heavy (non-hydrogen) atoms. The first-order chi connectivity index (χ1) is 8.54. The smallest absolute Gasteiger partial charge is 0.151 e. The minimum absolute atomic E-state index is 0.234. The minimum atomic E-state index is 0.234. The van der Waals surface area contributed by atoms with E-state index in [1.54, 1.807) is 18.2 Å². The highest BCUT2D eigenvalue weighted by atomic mass is 35.5. The lowest BCUT2D eigenvalue weighted by Crippen LogP contribution is -1.80. The van der Waals surface area contributed by atoms with E-state index in [0.29, 0.717) is 27.2 Å². The molecule has 0 aromatic heterocycles. The molecule has 2 nitrogen and oxygen atoms in total. The van der Waals surface area contributed by atoms with Crippen LogP contribution in [0.5, 0.6) is 0 Å². The van der Waals surface area contributed by atoms with Crippen LogP contribution in [-0.2, 0) is 0 Å². The molecule has 0 bridgehead atoms. The molecule has 0 atom stereocenters. The van der Waals surface area contributed by atoms with Gasteiger partial charge in [0.05, 0.1) is 16.6 Å². The number of rotatable bonds is 5. The van der Waals surface area contributed by atoms with Crippen molar-refractivity contribution in [3.63, 3.8) is 0 Å². The SMILES string of the molecule is CCCCN=N/C(Cl)=C/c1c(Cl)cc(Cl)cc1Cl. The number of benzene rings is 1. The minimum Gasteiger partial charge on any atom is -0.188 e. The quantitative estimate of drug-likeness (QED) is 0.338. The molecule has 1 aromatic carbocycles. The first kappa shape index (κ1) is 15.8. The van der Waals surface area contributed by atoms with Crippen molar-refractivity contribution in [1.29, 1.82) is 0 Å². The first-order valence-corrected chi connectivity index (χ1v) is 6.95. The summed E-state index contributed by atoms with van der Waals surface area (Å²) in [5.74, 6) is 0. The Labute approximate surface area is 127 Å². The van der Waals surface area contributed by atoms with Gasteiger partial charge in [0.2, 0.25) is 0 Å². The van der Waals surface area contributed by atoms with Crippen molar-refractivity contribution < 1.29 is 0 Å². The molecule has 0 amide bonds. The number of nitrogens with zero attached hydrogens (tertiary/aromatic N) is 2. The van der Waals surface area contributed by atoms with Crippen LogP contribution in [-0.4, -0.2) is 6.54 Å². The Morgan fingerprint density at radius 3 is 2.39 bits per heavy atom. The monoisotopic (exact) mass is 324 g/mol. The summed E-state index contributed by atoms with van der Waals surface area (Å²) in [5, 5.41) is 9.37. The van der Waals surface area contributed by atoms with Gasteiger partial charge in [-0.3, -0.25) is 0 Å². The molecule has 0 saturated heterocycles. The molecule has 0 aliphatic rings. The van der Waals surface area contributed by atoms with E-state index in [1.807, 2.05) is 0 Å². The van der Waals surface area contributed by atoms with Crippen molar-refractivity contribution in [2.24, 2.45) is 10.2 Å². The fraction of sp³-hybridized carbons (Fsp3) is 0.333. The number of azo groups is 1. The molecular weight excluding hydrogens is 314 g/mol. The van der Waals surface area contributed by atoms with Gasteiger partial charge in [-0.1, -0.05) is 59.7 Å². The molecule has 0 aliphatic heterocycles. The van der Waals surface area contributed by atoms with Crippen LogP contribution in [0.15, 0.2) is 27.5 Å². The van der Waals surface area contributed by atoms with Gasteiger partial charge in [0.25, 0.3) is 0 Å². The Balaban J connectivity index is 2.85. The second-order valence-electron chi connectivity index (χ2n) is 3.57. The predicted molar refractivity (Wildman–Crippen MR) is 79.9 cm³/mol. The zero-order valence-corrected chi connectivity index (χ0v) is 12.8. The van der Waals surface area contributed by atoms with Crippen molar-refractivity contribution >= 4 is 52.5 Å². The van der Waals surface area contributed by atoms with Crippen LogP contribution in [0.2, 0.25) is 15.1 Å². The van der Waals surface area contributed by atoms with Crippen LogP contribution in [0, 0.1) is 0 Å². The lowest BCUT2D eigenvalue weighted by Gasteiger charge is -2.02. The fourth-order valence-electron chi connectivity index (χ4n) is 1.19. The third-order valence-electron chi connectivity index (χ3n) is 2.09. The van der Waals surface area contributed by atoms with Crippen molar-refractivity contribution in [3.8, 4) is 0 Å². The average Bonchev–Trinajstić information content (AvgIpc) is 2.29. The second-order valence-corrected chi connectivity index (χ2v) is 5.21. The van der Waals surface area contributed by atoms with Crippen LogP contribution in [0.25, 0.3) is 6.08 Å². The first-order valence-electron chi connectivity index (χ1n) is 5.43. The molecular formula is C12H12Cl4N2. The van der Waals surface area contributed by atoms with Crippen LogP contribution < -0.4 is 0 Å². The molecule has 0 saturated carbocycles. The van der Waals surface area contributed by atoms with E-state index in [1.165, 1.54) is 0 Å². The van der Waals surface area contributed by atoms with Crippen LogP contribution in [0.3, 0.4) is 0 Å². The molecule has 0 fully saturated rings. The van der Waals surface area contributed by atoms with Crippen molar-refractivity contribution in [2.75, 3.05) is 6.54 Å². The van der Waals surface area contributed by atoms with Gasteiger partial charge in [-0.05, 0) is 24.6 Å². The maximum atomic E-state index is 6.02. The maximum Gasteiger partial charge on any atom is 0.151 e. The molecule has 0 N–H and O–H groups in total. The Kier molecular flexibility index (Phi) is 7.02. The Morgan fingerprint density at radius 2 is 1.83 bits per heavy atom. The van der Waals surface area contributed by atoms with Crippen LogP contribution in [0.4, 0.5) is 0 Å². The summed E-state index contributed by atoms with van der Waals surface area (Å²) >= 11 is 23.8. The van der Waals surface area contributed by atoms with Crippen molar-refractivity contribution in [2.45, 2.75) is 19.8 Å². The summed E-state index contributed by atoms with van der Waals surface area (Å²) in [6.45, 7) is 2.74. The Hall–Kier alpha value is -0.280. The zero-order chi connectivity index (χ0) is 13.5. The van der Waals surface area contributed by atoms with Gasteiger partial charge >= 0.3 is 0 Å². The third-order valence-corrected chi connectivity index (χ3v) is 3.11. The van der Waals surface area contributed by atoms with Gasteiger partial charge in [0.1, 0.15) is 0 Å². The van der Waals surface area contributed by atoms with Crippen LogP contribution >= 0.6 is 46.4 Å². The topological polar surface area (TPSA) is 24.7 Å². The number of unbranched alkanes of at least 4 members (excludes halogenated alkanes) is 1. The molecule has 6 heteroatoms. The van der Waals surface area contributed by atoms with Crippen molar-refractivity contribution in [3.05, 3.63) is 37.9 Å². The van der Waals surface area contributed by atoms with E-state index in [4.69, 9.17) is 46.4 Å². The Bertz CT molecular complexity index is 446. The maximum absolute atomic E-state index is 6.02. The largest absolute Gasteiger partial charge is 0.188 e. The van der Waals surface area contributed by atoms with Gasteiger partial charge in [-0.25, -0.2) is 0 Å². The van der Waals surface area contributed by atoms with E-state index >= 15 is 0 Å². The van der Waals surface area contributed by atoms with Crippen LogP contribution in [0.1, 0.15) is 25.3 Å². The molecule has 0 unspecified atom stereocenters. The van der Waals surface area contributed by atoms with Gasteiger partial charge in [0, 0.05) is 10.6 Å². The molecule has 0 aliphatic carbocycles. The fourth-order valence-corrected chi connectivity index (χ4v) is 2.27. The number of hydrogen-bond acceptors (Lipinski definition) is 2. The van der Waals surface area contributed by atoms with Gasteiger partial charge in [0.15, 0.2) is 5.16 Å². The summed E-state index contributed by atoms with van der Waals surface area (Å²) < 4.78 is 0. The summed E-state index contributed by atoms with van der Waals surface area (Å²) in [6.07, 6.45) is 3.61. The highest BCUT2D eigenvalue weighted by Gasteiger charge is 2.06. The molecule has 1 aromatic rings. The number of hydrogen-bond donors (Lipinski definition) is 0. The van der Waals surface area contributed by atoms with E-state index in [-0.39, 0.29) is 5.16 Å². The summed E-state index contributed by atoms with van der Waals surface area (Å²) in [7, 11) is 0. The molecule has 0 heterocycles. The van der Waals surface area contributed by atoms with Gasteiger partial charge < -0.3 is 0 Å². The number of halogens is 4. The normalized spacial score (nSPS) is 12.4. The summed E-state index contributed by atoms with van der Waals surface area (Å²) in [4.78, 5) is 0. The molecule has 1 rings (SSSR count). The third kappa shape index (κ3) is 5.15. The highest BCUT2D eigenvalue weighted by Crippen LogP contribution is 2.31. The highest BCUT2D eigenvalue weighted by molar-refractivity contribution is 6.40.